The van der Waals surface area contributed by atoms with Crippen LogP contribution < -0.4 is 10.6 Å². The lowest BCUT2D eigenvalue weighted by atomic mass is 10.2. The Kier molecular flexibility index (Phi) is 4.67. The molecule has 122 valence electrons. The lowest BCUT2D eigenvalue weighted by Gasteiger charge is -2.09. The number of benzene rings is 2. The molecule has 0 bridgehead atoms. The highest BCUT2D eigenvalue weighted by Gasteiger charge is 2.11. The monoisotopic (exact) mass is 329 g/mol. The number of nitrogens with one attached hydrogen (secondary N) is 2. The van der Waals surface area contributed by atoms with Gasteiger partial charge < -0.3 is 10.6 Å². The van der Waals surface area contributed by atoms with Crippen molar-refractivity contribution in [2.24, 2.45) is 0 Å². The smallest absolute Gasteiger partial charge is 0.274 e. The van der Waals surface area contributed by atoms with E-state index in [-0.39, 0.29) is 11.6 Å². The van der Waals surface area contributed by atoms with Crippen molar-refractivity contribution < 1.29 is 4.79 Å². The average Bonchev–Trinajstić information content (AvgIpc) is 2.62. The molecule has 0 saturated heterocycles. The summed E-state index contributed by atoms with van der Waals surface area (Å²) in [6, 6.07) is 19.8. The minimum absolute atomic E-state index is 0.260. The fraction of sp³-hybridized carbons (Fsp3) is 0.0526. The summed E-state index contributed by atoms with van der Waals surface area (Å²) in [4.78, 5) is 20.9. The average molecular weight is 329 g/mol. The molecule has 1 amide bonds. The second-order valence-corrected chi connectivity index (χ2v) is 5.32. The number of nitriles is 1. The fourth-order valence-corrected chi connectivity index (χ4v) is 2.24. The third-order valence-corrected chi connectivity index (χ3v) is 3.39. The first-order valence-corrected chi connectivity index (χ1v) is 7.63. The topological polar surface area (TPSA) is 90.7 Å². The maximum Gasteiger partial charge on any atom is 0.274 e. The summed E-state index contributed by atoms with van der Waals surface area (Å²) in [6.07, 6.45) is 0. The van der Waals surface area contributed by atoms with E-state index in [1.54, 1.807) is 37.3 Å². The predicted molar refractivity (Wildman–Crippen MR) is 95.6 cm³/mol. The van der Waals surface area contributed by atoms with Gasteiger partial charge in [-0.1, -0.05) is 18.2 Å². The lowest BCUT2D eigenvalue weighted by Crippen LogP contribution is -2.15. The summed E-state index contributed by atoms with van der Waals surface area (Å²) in [5.74, 6) is 0.695. The number of carbonyl (C=O) groups is 1. The quantitative estimate of drug-likeness (QED) is 0.762. The Bertz CT molecular complexity index is 930. The molecule has 0 aliphatic rings. The van der Waals surface area contributed by atoms with E-state index < -0.39 is 0 Å². The summed E-state index contributed by atoms with van der Waals surface area (Å²) in [5.41, 5.74) is 2.26. The van der Waals surface area contributed by atoms with Gasteiger partial charge in [0.15, 0.2) is 0 Å². The van der Waals surface area contributed by atoms with E-state index in [1.807, 2.05) is 36.4 Å². The maximum absolute atomic E-state index is 12.4. The molecule has 1 aromatic heterocycles. The largest absolute Gasteiger partial charge is 0.340 e. The number of para-hydroxylation sites is 1. The first-order chi connectivity index (χ1) is 12.1. The van der Waals surface area contributed by atoms with E-state index in [0.717, 1.165) is 5.69 Å². The molecular formula is C19H15N5O. The van der Waals surface area contributed by atoms with Crippen LogP contribution in [0.4, 0.5) is 17.2 Å². The minimum Gasteiger partial charge on any atom is -0.340 e. The Morgan fingerprint density at radius 3 is 2.40 bits per heavy atom. The van der Waals surface area contributed by atoms with Gasteiger partial charge in [-0.25, -0.2) is 9.97 Å². The molecule has 0 unspecified atom stereocenters. The molecule has 3 aromatic rings. The third kappa shape index (κ3) is 4.18. The SMILES string of the molecule is Cc1nc(Nc2ccccc2)cc(C(=O)Nc2ccc(C#N)cc2)n1. The van der Waals surface area contributed by atoms with Crippen molar-refractivity contribution in [3.05, 3.63) is 77.7 Å². The van der Waals surface area contributed by atoms with E-state index in [4.69, 9.17) is 5.26 Å². The number of nitrogens with zero attached hydrogens (tertiary/aromatic N) is 3. The van der Waals surface area contributed by atoms with E-state index in [1.165, 1.54) is 0 Å². The molecule has 0 aliphatic heterocycles. The lowest BCUT2D eigenvalue weighted by molar-refractivity contribution is 0.102. The zero-order valence-corrected chi connectivity index (χ0v) is 13.5. The van der Waals surface area contributed by atoms with Gasteiger partial charge in [0.1, 0.15) is 17.3 Å². The molecule has 1 heterocycles. The van der Waals surface area contributed by atoms with Crippen LogP contribution in [-0.4, -0.2) is 15.9 Å². The van der Waals surface area contributed by atoms with E-state index >= 15 is 0 Å². The predicted octanol–water partition coefficient (Wildman–Crippen LogP) is 3.65. The summed E-state index contributed by atoms with van der Waals surface area (Å²) < 4.78 is 0. The summed E-state index contributed by atoms with van der Waals surface area (Å²) in [6.45, 7) is 1.73. The first-order valence-electron chi connectivity index (χ1n) is 7.63. The van der Waals surface area contributed by atoms with Gasteiger partial charge in [-0.15, -0.1) is 0 Å². The number of rotatable bonds is 4. The van der Waals surface area contributed by atoms with Gasteiger partial charge >= 0.3 is 0 Å². The van der Waals surface area contributed by atoms with Gasteiger partial charge in [-0.05, 0) is 43.3 Å². The third-order valence-electron chi connectivity index (χ3n) is 3.39. The number of carbonyl (C=O) groups excluding carboxylic acids is 1. The molecule has 0 aliphatic carbocycles. The molecule has 0 fully saturated rings. The second kappa shape index (κ2) is 7.23. The highest BCUT2D eigenvalue weighted by atomic mass is 16.1. The van der Waals surface area contributed by atoms with Crippen molar-refractivity contribution in [1.82, 2.24) is 9.97 Å². The number of aromatic nitrogens is 2. The highest BCUT2D eigenvalue weighted by Crippen LogP contribution is 2.16. The summed E-state index contributed by atoms with van der Waals surface area (Å²) >= 11 is 0. The molecule has 25 heavy (non-hydrogen) atoms. The van der Waals surface area contributed by atoms with Crippen LogP contribution in [0, 0.1) is 18.3 Å². The molecule has 0 saturated carbocycles. The van der Waals surface area contributed by atoms with Crippen LogP contribution in [0.5, 0.6) is 0 Å². The van der Waals surface area contributed by atoms with Crippen molar-refractivity contribution in [3.8, 4) is 6.07 Å². The molecule has 0 radical (unpaired) electrons. The number of aryl methyl sites for hydroxylation is 1. The second-order valence-electron chi connectivity index (χ2n) is 5.32. The van der Waals surface area contributed by atoms with Crippen molar-refractivity contribution in [3.63, 3.8) is 0 Å². The van der Waals surface area contributed by atoms with E-state index in [2.05, 4.69) is 20.6 Å². The van der Waals surface area contributed by atoms with Crippen molar-refractivity contribution in [1.29, 1.82) is 5.26 Å². The maximum atomic E-state index is 12.4. The Morgan fingerprint density at radius 1 is 1.00 bits per heavy atom. The Balaban J connectivity index is 1.79. The van der Waals surface area contributed by atoms with Gasteiger partial charge in [0.05, 0.1) is 11.6 Å². The zero-order chi connectivity index (χ0) is 17.6. The van der Waals surface area contributed by atoms with Crippen molar-refractivity contribution in [2.75, 3.05) is 10.6 Å². The van der Waals surface area contributed by atoms with Crippen LogP contribution in [0.2, 0.25) is 0 Å². The van der Waals surface area contributed by atoms with Crippen LogP contribution in [0.15, 0.2) is 60.7 Å². The van der Waals surface area contributed by atoms with Crippen LogP contribution >= 0.6 is 0 Å². The molecule has 0 atom stereocenters. The molecule has 2 N–H and O–H groups in total. The molecule has 6 heteroatoms. The van der Waals surface area contributed by atoms with Crippen LogP contribution in [-0.2, 0) is 0 Å². The van der Waals surface area contributed by atoms with E-state index in [0.29, 0.717) is 22.9 Å². The van der Waals surface area contributed by atoms with Gasteiger partial charge in [0.25, 0.3) is 5.91 Å². The Labute approximate surface area is 145 Å². The number of amides is 1. The van der Waals surface area contributed by atoms with E-state index in [9.17, 15) is 4.79 Å². The van der Waals surface area contributed by atoms with Gasteiger partial charge in [-0.3, -0.25) is 4.79 Å². The number of hydrogen-bond acceptors (Lipinski definition) is 5. The van der Waals surface area contributed by atoms with Crippen molar-refractivity contribution in [2.45, 2.75) is 6.92 Å². The molecule has 3 rings (SSSR count). The normalized spacial score (nSPS) is 9.92. The Morgan fingerprint density at radius 2 is 1.72 bits per heavy atom. The van der Waals surface area contributed by atoms with Crippen molar-refractivity contribution >= 4 is 23.1 Å². The number of anilines is 3. The Hall–Kier alpha value is -3.72. The van der Waals surface area contributed by atoms with Gasteiger partial charge in [-0.2, -0.15) is 5.26 Å². The standard InChI is InChI=1S/C19H15N5O/c1-13-21-17(11-18(22-13)23-15-5-3-2-4-6-15)19(25)24-16-9-7-14(12-20)8-10-16/h2-11H,1H3,(H,24,25)(H,21,22,23). The number of hydrogen-bond donors (Lipinski definition) is 2. The minimum atomic E-state index is -0.341. The molecule has 2 aromatic carbocycles. The first kappa shape index (κ1) is 16.1. The van der Waals surface area contributed by atoms with Crippen LogP contribution in [0.3, 0.4) is 0 Å². The van der Waals surface area contributed by atoms with Gasteiger partial charge in [0.2, 0.25) is 0 Å². The molecule has 6 nitrogen and oxygen atoms in total. The molecule has 0 spiro atoms. The summed E-state index contributed by atoms with van der Waals surface area (Å²) in [7, 11) is 0. The fourth-order valence-electron chi connectivity index (χ4n) is 2.24. The van der Waals surface area contributed by atoms with Crippen LogP contribution in [0.1, 0.15) is 21.9 Å². The zero-order valence-electron chi connectivity index (χ0n) is 13.5. The highest BCUT2D eigenvalue weighted by molar-refractivity contribution is 6.03. The van der Waals surface area contributed by atoms with Crippen LogP contribution in [0.25, 0.3) is 0 Å². The summed E-state index contributed by atoms with van der Waals surface area (Å²) in [5, 5.41) is 14.7. The molecular weight excluding hydrogens is 314 g/mol. The van der Waals surface area contributed by atoms with Gasteiger partial charge in [0, 0.05) is 17.4 Å².